The van der Waals surface area contributed by atoms with E-state index in [2.05, 4.69) is 10.3 Å². The molecule has 10 heteroatoms. The number of nitrogens with one attached hydrogen (secondary N) is 1. The molecule has 0 radical (unpaired) electrons. The SMILES string of the molecule is O=C(CSc1ccccn1)Nc1cc(S(=O)(=O)N2CCOCC2)ccc1Cl. The van der Waals surface area contributed by atoms with Gasteiger partial charge in [0.1, 0.15) is 0 Å². The molecule has 0 aliphatic carbocycles. The number of aromatic nitrogens is 1. The molecule has 1 aromatic carbocycles. The van der Waals surface area contributed by atoms with Gasteiger partial charge < -0.3 is 10.1 Å². The highest BCUT2D eigenvalue weighted by molar-refractivity contribution is 7.99. The van der Waals surface area contributed by atoms with Crippen LogP contribution in [-0.2, 0) is 19.6 Å². The van der Waals surface area contributed by atoms with Crippen LogP contribution in [-0.4, -0.2) is 55.7 Å². The summed E-state index contributed by atoms with van der Waals surface area (Å²) in [4.78, 5) is 16.4. The summed E-state index contributed by atoms with van der Waals surface area (Å²) in [5.41, 5.74) is 0.262. The Kier molecular flexibility index (Phi) is 6.72. The highest BCUT2D eigenvalue weighted by Gasteiger charge is 2.27. The third kappa shape index (κ3) is 5.20. The van der Waals surface area contributed by atoms with Crippen molar-refractivity contribution < 1.29 is 17.9 Å². The molecule has 1 aromatic heterocycles. The summed E-state index contributed by atoms with van der Waals surface area (Å²) in [7, 11) is -3.66. The second kappa shape index (κ2) is 9.03. The summed E-state index contributed by atoms with van der Waals surface area (Å²) in [5, 5.41) is 3.66. The van der Waals surface area contributed by atoms with Crippen molar-refractivity contribution in [2.75, 3.05) is 37.4 Å². The van der Waals surface area contributed by atoms with Crippen LogP contribution < -0.4 is 5.32 Å². The minimum Gasteiger partial charge on any atom is -0.379 e. The molecule has 0 saturated carbocycles. The summed E-state index contributed by atoms with van der Waals surface area (Å²) in [6, 6.07) is 9.73. The van der Waals surface area contributed by atoms with E-state index in [0.717, 1.165) is 5.03 Å². The number of hydrogen-bond acceptors (Lipinski definition) is 6. The molecule has 1 aliphatic rings. The number of benzene rings is 1. The number of anilines is 1. The van der Waals surface area contributed by atoms with Crippen LogP contribution in [0, 0.1) is 0 Å². The lowest BCUT2D eigenvalue weighted by Crippen LogP contribution is -2.40. The molecule has 2 heterocycles. The molecule has 3 rings (SSSR count). The number of ether oxygens (including phenoxy) is 1. The van der Waals surface area contributed by atoms with Crippen LogP contribution >= 0.6 is 23.4 Å². The summed E-state index contributed by atoms with van der Waals surface area (Å²) in [6.45, 7) is 1.32. The minimum atomic E-state index is -3.66. The summed E-state index contributed by atoms with van der Waals surface area (Å²) < 4.78 is 32.1. The Hall–Kier alpha value is -1.65. The van der Waals surface area contributed by atoms with Gasteiger partial charge in [0, 0.05) is 19.3 Å². The average molecular weight is 428 g/mol. The molecule has 0 spiro atoms. The molecule has 1 amide bonds. The molecular formula is C17H18ClN3O4S2. The second-order valence-electron chi connectivity index (χ2n) is 5.66. The number of nitrogens with zero attached hydrogens (tertiary/aromatic N) is 2. The van der Waals surface area contributed by atoms with Crippen molar-refractivity contribution in [2.45, 2.75) is 9.92 Å². The standard InChI is InChI=1S/C17H18ClN3O4S2/c18-14-5-4-13(27(23,24)21-7-9-25-10-8-21)11-15(14)20-16(22)12-26-17-3-1-2-6-19-17/h1-6,11H,7-10,12H2,(H,20,22). The van der Waals surface area contributed by atoms with Gasteiger partial charge >= 0.3 is 0 Å². The van der Waals surface area contributed by atoms with Gasteiger partial charge in [0.05, 0.1) is 39.6 Å². The van der Waals surface area contributed by atoms with Crippen molar-refractivity contribution in [2.24, 2.45) is 0 Å². The number of pyridine rings is 1. The molecule has 27 heavy (non-hydrogen) atoms. The fourth-order valence-electron chi connectivity index (χ4n) is 2.45. The van der Waals surface area contributed by atoms with E-state index in [9.17, 15) is 13.2 Å². The average Bonchev–Trinajstić information content (AvgIpc) is 2.69. The van der Waals surface area contributed by atoms with E-state index in [1.165, 1.54) is 34.3 Å². The lowest BCUT2D eigenvalue weighted by atomic mass is 10.3. The van der Waals surface area contributed by atoms with E-state index < -0.39 is 10.0 Å². The van der Waals surface area contributed by atoms with Gasteiger partial charge in [-0.3, -0.25) is 4.79 Å². The van der Waals surface area contributed by atoms with E-state index >= 15 is 0 Å². The molecule has 0 bridgehead atoms. The molecular weight excluding hydrogens is 410 g/mol. The van der Waals surface area contributed by atoms with E-state index in [1.807, 2.05) is 6.07 Å². The maximum Gasteiger partial charge on any atom is 0.243 e. The van der Waals surface area contributed by atoms with Crippen LogP contribution in [0.15, 0.2) is 52.5 Å². The van der Waals surface area contributed by atoms with Gasteiger partial charge in [-0.25, -0.2) is 13.4 Å². The normalized spacial score (nSPS) is 15.4. The smallest absolute Gasteiger partial charge is 0.243 e. The number of carbonyl (C=O) groups is 1. The van der Waals surface area contributed by atoms with Crippen molar-refractivity contribution in [1.29, 1.82) is 0 Å². The lowest BCUT2D eigenvalue weighted by molar-refractivity contribution is -0.113. The first-order valence-electron chi connectivity index (χ1n) is 8.18. The molecule has 0 unspecified atom stereocenters. The van der Waals surface area contributed by atoms with Gasteiger partial charge in [0.2, 0.25) is 15.9 Å². The molecule has 1 N–H and O–H groups in total. The fourth-order valence-corrected chi connectivity index (χ4v) is 4.72. The fraction of sp³-hybridized carbons (Fsp3) is 0.294. The van der Waals surface area contributed by atoms with Crippen LogP contribution in [0.3, 0.4) is 0 Å². The first-order valence-corrected chi connectivity index (χ1v) is 11.0. The van der Waals surface area contributed by atoms with E-state index in [4.69, 9.17) is 16.3 Å². The number of morpholine rings is 1. The third-order valence-electron chi connectivity index (χ3n) is 3.81. The predicted octanol–water partition coefficient (Wildman–Crippen LogP) is 2.49. The number of rotatable bonds is 6. The highest BCUT2D eigenvalue weighted by atomic mass is 35.5. The molecule has 7 nitrogen and oxygen atoms in total. The number of sulfonamides is 1. The number of halogens is 1. The third-order valence-corrected chi connectivity index (χ3v) is 6.98. The van der Waals surface area contributed by atoms with Gasteiger partial charge in [-0.05, 0) is 30.3 Å². The minimum absolute atomic E-state index is 0.0847. The zero-order valence-electron chi connectivity index (χ0n) is 14.3. The van der Waals surface area contributed by atoms with Crippen LogP contribution in [0.25, 0.3) is 0 Å². The second-order valence-corrected chi connectivity index (χ2v) is 9.00. The van der Waals surface area contributed by atoms with Crippen molar-refractivity contribution in [3.05, 3.63) is 47.6 Å². The van der Waals surface area contributed by atoms with Gasteiger partial charge in [-0.15, -0.1) is 0 Å². The maximum atomic E-state index is 12.7. The Bertz CT molecular complexity index is 904. The monoisotopic (exact) mass is 427 g/mol. The Morgan fingerprint density at radius 2 is 2.04 bits per heavy atom. The van der Waals surface area contributed by atoms with Crippen LogP contribution in [0.2, 0.25) is 5.02 Å². The molecule has 144 valence electrons. The Labute approximate surface area is 167 Å². The van der Waals surface area contributed by atoms with E-state index in [0.29, 0.717) is 26.3 Å². The number of carbonyl (C=O) groups excluding carboxylic acids is 1. The summed E-state index contributed by atoms with van der Waals surface area (Å²) >= 11 is 7.41. The molecule has 1 aliphatic heterocycles. The van der Waals surface area contributed by atoms with Crippen LogP contribution in [0.1, 0.15) is 0 Å². The van der Waals surface area contributed by atoms with Gasteiger partial charge in [-0.1, -0.05) is 29.4 Å². The van der Waals surface area contributed by atoms with Crippen molar-refractivity contribution in [3.8, 4) is 0 Å². The van der Waals surface area contributed by atoms with Crippen molar-refractivity contribution >= 4 is 45.0 Å². The summed E-state index contributed by atoms with van der Waals surface area (Å²) in [5.74, 6) is -0.165. The van der Waals surface area contributed by atoms with Gasteiger partial charge in [-0.2, -0.15) is 4.31 Å². The quantitative estimate of drug-likeness (QED) is 0.712. The summed E-state index contributed by atoms with van der Waals surface area (Å²) in [6.07, 6.45) is 1.65. The topological polar surface area (TPSA) is 88.6 Å². The Morgan fingerprint density at radius 1 is 1.26 bits per heavy atom. The maximum absolute atomic E-state index is 12.7. The van der Waals surface area contributed by atoms with Crippen LogP contribution in [0.5, 0.6) is 0 Å². The Balaban J connectivity index is 1.70. The molecule has 1 saturated heterocycles. The largest absolute Gasteiger partial charge is 0.379 e. The first kappa shape index (κ1) is 20.1. The first-order chi connectivity index (χ1) is 13.0. The zero-order valence-corrected chi connectivity index (χ0v) is 16.7. The molecule has 0 atom stereocenters. The number of hydrogen-bond donors (Lipinski definition) is 1. The van der Waals surface area contributed by atoms with E-state index in [-0.39, 0.29) is 27.3 Å². The van der Waals surface area contributed by atoms with Gasteiger partial charge in [0.15, 0.2) is 0 Å². The molecule has 2 aromatic rings. The molecule has 1 fully saturated rings. The number of thioether (sulfide) groups is 1. The Morgan fingerprint density at radius 3 is 2.74 bits per heavy atom. The zero-order chi connectivity index (χ0) is 19.3. The highest BCUT2D eigenvalue weighted by Crippen LogP contribution is 2.27. The van der Waals surface area contributed by atoms with Crippen molar-refractivity contribution in [1.82, 2.24) is 9.29 Å². The predicted molar refractivity (Wildman–Crippen MR) is 105 cm³/mol. The van der Waals surface area contributed by atoms with E-state index in [1.54, 1.807) is 18.3 Å². The van der Waals surface area contributed by atoms with Gasteiger partial charge in [0.25, 0.3) is 0 Å². The van der Waals surface area contributed by atoms with Crippen LogP contribution in [0.4, 0.5) is 5.69 Å². The van der Waals surface area contributed by atoms with Crippen molar-refractivity contribution in [3.63, 3.8) is 0 Å². The lowest BCUT2D eigenvalue weighted by Gasteiger charge is -2.26. The number of amides is 1.